The molecule has 3 rings (SSSR count). The van der Waals surface area contributed by atoms with E-state index in [1.54, 1.807) is 7.05 Å². The molecule has 0 saturated heterocycles. The van der Waals surface area contributed by atoms with Gasteiger partial charge in [0.25, 0.3) is 11.8 Å². The van der Waals surface area contributed by atoms with Gasteiger partial charge in [-0.05, 0) is 25.0 Å². The minimum atomic E-state index is -0.300. The Bertz CT molecular complexity index is 745. The summed E-state index contributed by atoms with van der Waals surface area (Å²) in [5.41, 5.74) is 2.47. The van der Waals surface area contributed by atoms with Crippen LogP contribution in [0.1, 0.15) is 23.0 Å². The number of aromatic nitrogens is 1. The number of rotatable bonds is 2. The summed E-state index contributed by atoms with van der Waals surface area (Å²) < 4.78 is 0. The third-order valence-electron chi connectivity index (χ3n) is 3.82. The molecule has 1 unspecified atom stereocenters. The van der Waals surface area contributed by atoms with Gasteiger partial charge < -0.3 is 10.3 Å². The molecule has 2 amide bonds. The second-order valence-corrected chi connectivity index (χ2v) is 5.21. The largest absolute Gasteiger partial charge is 0.394 e. The van der Waals surface area contributed by atoms with Gasteiger partial charge in [-0.1, -0.05) is 18.2 Å². The highest BCUT2D eigenvalue weighted by atomic mass is 16.2. The molecule has 1 aliphatic rings. The number of amides is 2. The number of carbonyl (C=O) groups excluding carboxylic acids is 2. The number of hydrogen-bond acceptors (Lipinski definition) is 3. The topological polar surface area (TPSA) is 65.2 Å². The van der Waals surface area contributed by atoms with Crippen LogP contribution in [0.3, 0.4) is 0 Å². The Morgan fingerprint density at radius 3 is 2.95 bits per heavy atom. The van der Waals surface area contributed by atoms with Crippen LogP contribution in [0.4, 0.5) is 0 Å². The molecule has 1 atom stereocenters. The number of carbonyl (C=O) groups is 2. The van der Waals surface area contributed by atoms with Crippen LogP contribution in [0.5, 0.6) is 0 Å². The molecule has 0 bridgehead atoms. The Kier molecular flexibility index (Phi) is 3.25. The van der Waals surface area contributed by atoms with Crippen LogP contribution in [-0.2, 0) is 11.2 Å². The quantitative estimate of drug-likeness (QED) is 0.826. The predicted octanol–water partition coefficient (Wildman–Crippen LogP) is 1.81. The van der Waals surface area contributed by atoms with Crippen molar-refractivity contribution in [3.8, 4) is 0 Å². The first-order valence-electron chi connectivity index (χ1n) is 6.94. The molecule has 5 nitrogen and oxygen atoms in total. The van der Waals surface area contributed by atoms with E-state index in [4.69, 9.17) is 0 Å². The van der Waals surface area contributed by atoms with Crippen molar-refractivity contribution in [3.05, 3.63) is 47.8 Å². The predicted molar refractivity (Wildman–Crippen MR) is 80.8 cm³/mol. The summed E-state index contributed by atoms with van der Waals surface area (Å²) in [6.07, 6.45) is 3.58. The van der Waals surface area contributed by atoms with Crippen molar-refractivity contribution in [1.82, 2.24) is 15.2 Å². The molecule has 0 radical (unpaired) electrons. The lowest BCUT2D eigenvalue weighted by atomic mass is 9.97. The van der Waals surface area contributed by atoms with Crippen molar-refractivity contribution in [2.75, 3.05) is 7.05 Å². The van der Waals surface area contributed by atoms with Gasteiger partial charge in [0.2, 0.25) is 0 Å². The van der Waals surface area contributed by atoms with Crippen LogP contribution in [0, 0.1) is 0 Å². The third kappa shape index (κ3) is 2.11. The highest BCUT2D eigenvalue weighted by Gasteiger charge is 2.35. The first-order chi connectivity index (χ1) is 10.1. The average molecular weight is 283 g/mol. The highest BCUT2D eigenvalue weighted by Crippen LogP contribution is 2.30. The minimum Gasteiger partial charge on any atom is -0.394 e. The number of benzene rings is 1. The first kappa shape index (κ1) is 13.4. The zero-order valence-electron chi connectivity index (χ0n) is 12.0. The highest BCUT2D eigenvalue weighted by molar-refractivity contribution is 6.11. The fraction of sp³-hybridized carbons (Fsp3) is 0.250. The normalized spacial score (nSPS) is 18.3. The van der Waals surface area contributed by atoms with E-state index in [9.17, 15) is 9.59 Å². The van der Waals surface area contributed by atoms with Gasteiger partial charge >= 0.3 is 0 Å². The van der Waals surface area contributed by atoms with E-state index in [0.717, 1.165) is 16.5 Å². The minimum absolute atomic E-state index is 0.154. The standard InChI is InChI=1S/C16H17N3O2/c1-10-9-12-11-5-3-4-6-13(11)18-15(12)16(21)19(10)14(20)7-8-17-2/h3-8,10,17-18H,9H2,1-2H3/b8-7+. The molecule has 0 fully saturated rings. The molecule has 2 aromatic rings. The molecular weight excluding hydrogens is 266 g/mol. The summed E-state index contributed by atoms with van der Waals surface area (Å²) in [7, 11) is 1.71. The van der Waals surface area contributed by atoms with E-state index in [-0.39, 0.29) is 17.9 Å². The van der Waals surface area contributed by atoms with Crippen LogP contribution in [0.15, 0.2) is 36.5 Å². The Balaban J connectivity index is 2.05. The van der Waals surface area contributed by atoms with Gasteiger partial charge in [0.05, 0.1) is 0 Å². The van der Waals surface area contributed by atoms with Crippen LogP contribution in [0.25, 0.3) is 10.9 Å². The number of imide groups is 1. The number of fused-ring (bicyclic) bond motifs is 3. The van der Waals surface area contributed by atoms with Gasteiger partial charge in [-0.2, -0.15) is 0 Å². The van der Waals surface area contributed by atoms with Crippen molar-refractivity contribution in [1.29, 1.82) is 0 Å². The van der Waals surface area contributed by atoms with E-state index in [2.05, 4.69) is 10.3 Å². The molecule has 5 heteroatoms. The summed E-state index contributed by atoms with van der Waals surface area (Å²) in [6, 6.07) is 7.68. The number of aromatic amines is 1. The number of H-pyrrole nitrogens is 1. The Hall–Kier alpha value is -2.56. The molecule has 0 aliphatic carbocycles. The lowest BCUT2D eigenvalue weighted by Crippen LogP contribution is -2.47. The second-order valence-electron chi connectivity index (χ2n) is 5.21. The molecule has 21 heavy (non-hydrogen) atoms. The van der Waals surface area contributed by atoms with E-state index >= 15 is 0 Å². The molecule has 108 valence electrons. The zero-order chi connectivity index (χ0) is 15.0. The van der Waals surface area contributed by atoms with E-state index in [1.807, 2.05) is 31.2 Å². The summed E-state index contributed by atoms with van der Waals surface area (Å²) in [6.45, 7) is 1.90. The molecular formula is C16H17N3O2. The van der Waals surface area contributed by atoms with Crippen molar-refractivity contribution < 1.29 is 9.59 Å². The lowest BCUT2D eigenvalue weighted by molar-refractivity contribution is -0.125. The maximum absolute atomic E-state index is 12.6. The van der Waals surface area contributed by atoms with Crippen molar-refractivity contribution in [3.63, 3.8) is 0 Å². The smallest absolute Gasteiger partial charge is 0.277 e. The summed E-state index contributed by atoms with van der Waals surface area (Å²) in [4.78, 5) is 29.2. The van der Waals surface area contributed by atoms with Crippen molar-refractivity contribution >= 4 is 22.7 Å². The van der Waals surface area contributed by atoms with Gasteiger partial charge in [-0.3, -0.25) is 14.5 Å². The molecule has 1 aromatic heterocycles. The Morgan fingerprint density at radius 2 is 2.19 bits per heavy atom. The van der Waals surface area contributed by atoms with Crippen LogP contribution >= 0.6 is 0 Å². The average Bonchev–Trinajstić information content (AvgIpc) is 2.84. The van der Waals surface area contributed by atoms with Gasteiger partial charge in [0.15, 0.2) is 0 Å². The number of nitrogens with one attached hydrogen (secondary N) is 2. The zero-order valence-corrected chi connectivity index (χ0v) is 12.0. The molecule has 2 heterocycles. The number of para-hydroxylation sites is 1. The molecule has 2 N–H and O–H groups in total. The molecule has 0 spiro atoms. The van der Waals surface area contributed by atoms with E-state index < -0.39 is 0 Å². The van der Waals surface area contributed by atoms with Crippen LogP contribution in [0.2, 0.25) is 0 Å². The van der Waals surface area contributed by atoms with Crippen LogP contribution < -0.4 is 5.32 Å². The van der Waals surface area contributed by atoms with E-state index in [0.29, 0.717) is 12.1 Å². The van der Waals surface area contributed by atoms with Crippen molar-refractivity contribution in [2.45, 2.75) is 19.4 Å². The SMILES string of the molecule is CN/C=C/C(=O)N1C(=O)c2[nH]c3ccccc3c2CC1C. The van der Waals surface area contributed by atoms with Gasteiger partial charge in [0.1, 0.15) is 5.69 Å². The molecule has 1 aliphatic heterocycles. The third-order valence-corrected chi connectivity index (χ3v) is 3.82. The lowest BCUT2D eigenvalue weighted by Gasteiger charge is -2.30. The van der Waals surface area contributed by atoms with Gasteiger partial charge in [0, 0.05) is 36.3 Å². The maximum Gasteiger partial charge on any atom is 0.277 e. The maximum atomic E-state index is 12.6. The van der Waals surface area contributed by atoms with Gasteiger partial charge in [-0.25, -0.2) is 0 Å². The fourth-order valence-corrected chi connectivity index (χ4v) is 2.85. The molecule has 1 aromatic carbocycles. The Morgan fingerprint density at radius 1 is 1.43 bits per heavy atom. The molecule has 0 saturated carbocycles. The second kappa shape index (κ2) is 5.09. The fourth-order valence-electron chi connectivity index (χ4n) is 2.85. The Labute approximate surface area is 122 Å². The first-order valence-corrected chi connectivity index (χ1v) is 6.94. The number of nitrogens with zero attached hydrogens (tertiary/aromatic N) is 1. The van der Waals surface area contributed by atoms with Crippen molar-refractivity contribution in [2.24, 2.45) is 0 Å². The number of hydrogen-bond donors (Lipinski definition) is 2. The van der Waals surface area contributed by atoms with Gasteiger partial charge in [-0.15, -0.1) is 0 Å². The summed E-state index contributed by atoms with van der Waals surface area (Å²) in [5, 5.41) is 3.82. The summed E-state index contributed by atoms with van der Waals surface area (Å²) in [5.74, 6) is -0.558. The van der Waals surface area contributed by atoms with Crippen LogP contribution in [-0.4, -0.2) is 34.8 Å². The van der Waals surface area contributed by atoms with E-state index in [1.165, 1.54) is 17.2 Å². The monoisotopic (exact) mass is 283 g/mol. The summed E-state index contributed by atoms with van der Waals surface area (Å²) >= 11 is 0.